The number of nitrogens with one attached hydrogen (secondary N) is 2. The highest BCUT2D eigenvalue weighted by Crippen LogP contribution is 2.31. The molecule has 2 heterocycles. The predicted octanol–water partition coefficient (Wildman–Crippen LogP) is 2.03. The average Bonchev–Trinajstić information content (AvgIpc) is 2.98. The first-order chi connectivity index (χ1) is 14.8. The minimum Gasteiger partial charge on any atom is -0.486 e. The molecular weight excluding hydrogens is 398 g/mol. The molecule has 0 spiro atoms. The third-order valence-electron chi connectivity index (χ3n) is 5.76. The Balaban J connectivity index is 1.37. The van der Waals surface area contributed by atoms with Crippen molar-refractivity contribution in [3.05, 3.63) is 59.2 Å². The Hall–Kier alpha value is -3.55. The average molecular weight is 423 g/mol. The summed E-state index contributed by atoms with van der Waals surface area (Å²) in [5.74, 6) is 0.374. The lowest BCUT2D eigenvalue weighted by molar-refractivity contribution is -0.134. The van der Waals surface area contributed by atoms with Crippen molar-refractivity contribution in [1.82, 2.24) is 15.5 Å². The molecule has 2 aromatic carbocycles. The first-order valence-electron chi connectivity index (χ1n) is 10.1. The molecule has 2 atom stereocenters. The molecule has 1 fully saturated rings. The number of urea groups is 1. The number of rotatable bonds is 5. The van der Waals surface area contributed by atoms with Crippen molar-refractivity contribution < 1.29 is 23.9 Å². The topological polar surface area (TPSA) is 97.0 Å². The maximum atomic E-state index is 13.0. The number of amides is 4. The predicted molar refractivity (Wildman–Crippen MR) is 113 cm³/mol. The maximum absolute atomic E-state index is 13.0. The van der Waals surface area contributed by atoms with Gasteiger partial charge in [-0.05, 0) is 49.6 Å². The lowest BCUT2D eigenvalue weighted by Gasteiger charge is -2.26. The van der Waals surface area contributed by atoms with E-state index in [4.69, 9.17) is 9.47 Å². The molecule has 2 aliphatic rings. The number of nitrogens with zero attached hydrogens (tertiary/aromatic N) is 1. The van der Waals surface area contributed by atoms with Crippen LogP contribution in [0.1, 0.15) is 23.6 Å². The summed E-state index contributed by atoms with van der Waals surface area (Å²) in [6, 6.07) is 12.3. The minimum absolute atomic E-state index is 0.200. The zero-order chi connectivity index (χ0) is 22.2. The molecule has 2 aliphatic heterocycles. The van der Waals surface area contributed by atoms with Gasteiger partial charge in [0.1, 0.15) is 24.8 Å². The number of carbonyl (C=O) groups excluding carboxylic acids is 3. The summed E-state index contributed by atoms with van der Waals surface area (Å²) in [6.45, 7) is 5.71. The van der Waals surface area contributed by atoms with Crippen molar-refractivity contribution in [1.29, 1.82) is 0 Å². The molecule has 1 saturated heterocycles. The summed E-state index contributed by atoms with van der Waals surface area (Å²) in [7, 11) is 0. The highest BCUT2D eigenvalue weighted by Gasteiger charge is 2.49. The fraction of sp³-hybridized carbons (Fsp3) is 0.348. The van der Waals surface area contributed by atoms with Crippen LogP contribution in [-0.4, -0.2) is 48.5 Å². The maximum Gasteiger partial charge on any atom is 0.325 e. The second-order valence-electron chi connectivity index (χ2n) is 8.05. The van der Waals surface area contributed by atoms with E-state index >= 15 is 0 Å². The van der Waals surface area contributed by atoms with E-state index in [1.165, 1.54) is 0 Å². The van der Waals surface area contributed by atoms with Crippen LogP contribution in [0.25, 0.3) is 0 Å². The minimum atomic E-state index is -1.21. The Labute approximate surface area is 180 Å². The van der Waals surface area contributed by atoms with Crippen LogP contribution in [-0.2, 0) is 15.1 Å². The monoisotopic (exact) mass is 423 g/mol. The molecule has 0 aromatic heterocycles. The smallest absolute Gasteiger partial charge is 0.325 e. The molecule has 0 aliphatic carbocycles. The first kappa shape index (κ1) is 20.7. The van der Waals surface area contributed by atoms with E-state index in [0.29, 0.717) is 23.7 Å². The van der Waals surface area contributed by atoms with Gasteiger partial charge in [-0.15, -0.1) is 0 Å². The summed E-state index contributed by atoms with van der Waals surface area (Å²) >= 11 is 0. The third kappa shape index (κ3) is 3.93. The Morgan fingerprint density at radius 3 is 2.65 bits per heavy atom. The third-order valence-corrected chi connectivity index (χ3v) is 5.76. The number of hydrogen-bond donors (Lipinski definition) is 2. The summed E-state index contributed by atoms with van der Waals surface area (Å²) in [4.78, 5) is 38.9. The van der Waals surface area contributed by atoms with Crippen molar-refractivity contribution in [3.8, 4) is 11.5 Å². The molecule has 2 unspecified atom stereocenters. The van der Waals surface area contributed by atoms with Gasteiger partial charge in [0, 0.05) is 0 Å². The van der Waals surface area contributed by atoms with Crippen LogP contribution in [0, 0.1) is 13.8 Å². The number of fused-ring (bicyclic) bond motifs is 1. The van der Waals surface area contributed by atoms with Gasteiger partial charge in [0.05, 0.1) is 6.54 Å². The van der Waals surface area contributed by atoms with Crippen molar-refractivity contribution in [3.63, 3.8) is 0 Å². The van der Waals surface area contributed by atoms with Gasteiger partial charge in [-0.1, -0.05) is 30.3 Å². The zero-order valence-electron chi connectivity index (χ0n) is 17.7. The lowest BCUT2D eigenvalue weighted by atomic mass is 9.90. The first-order valence-corrected chi connectivity index (χ1v) is 10.1. The van der Waals surface area contributed by atoms with E-state index in [9.17, 15) is 14.4 Å². The fourth-order valence-corrected chi connectivity index (χ4v) is 3.68. The number of benzene rings is 2. The van der Waals surface area contributed by atoms with E-state index in [1.807, 2.05) is 50.2 Å². The number of hydrogen-bond acceptors (Lipinski definition) is 5. The van der Waals surface area contributed by atoms with Crippen molar-refractivity contribution in [2.24, 2.45) is 0 Å². The van der Waals surface area contributed by atoms with Crippen LogP contribution in [0.5, 0.6) is 11.5 Å². The molecule has 2 aromatic rings. The molecule has 4 rings (SSSR count). The second kappa shape index (κ2) is 7.94. The number of aryl methyl sites for hydroxylation is 2. The van der Waals surface area contributed by atoms with E-state index in [0.717, 1.165) is 16.0 Å². The van der Waals surface area contributed by atoms with E-state index in [2.05, 4.69) is 10.6 Å². The van der Waals surface area contributed by atoms with Crippen LogP contribution in [0.15, 0.2) is 42.5 Å². The molecule has 162 valence electrons. The van der Waals surface area contributed by atoms with E-state index < -0.39 is 23.4 Å². The van der Waals surface area contributed by atoms with Gasteiger partial charge in [-0.2, -0.15) is 0 Å². The fourth-order valence-electron chi connectivity index (χ4n) is 3.68. The van der Waals surface area contributed by atoms with Crippen LogP contribution in [0.3, 0.4) is 0 Å². The van der Waals surface area contributed by atoms with Gasteiger partial charge >= 0.3 is 6.03 Å². The van der Waals surface area contributed by atoms with Gasteiger partial charge in [0.15, 0.2) is 11.5 Å². The normalized spacial score (nSPS) is 22.3. The molecule has 2 N–H and O–H groups in total. The molecular formula is C23H25N3O5. The SMILES string of the molecule is Cc1ccc(C2(C)NC(=O)N(CC(=O)NCC3COc4ccccc4O3)C2=O)cc1C. The quantitative estimate of drug-likeness (QED) is 0.718. The Kier molecular flexibility index (Phi) is 5.31. The summed E-state index contributed by atoms with van der Waals surface area (Å²) < 4.78 is 11.4. The Morgan fingerprint density at radius 1 is 1.16 bits per heavy atom. The van der Waals surface area contributed by atoms with Gasteiger partial charge in [0.25, 0.3) is 5.91 Å². The number of carbonyl (C=O) groups is 3. The summed E-state index contributed by atoms with van der Waals surface area (Å²) in [6.07, 6.45) is -0.359. The highest BCUT2D eigenvalue weighted by molar-refractivity contribution is 6.09. The van der Waals surface area contributed by atoms with Gasteiger partial charge in [-0.3, -0.25) is 14.5 Å². The van der Waals surface area contributed by atoms with Crippen molar-refractivity contribution >= 4 is 17.8 Å². The van der Waals surface area contributed by atoms with Crippen molar-refractivity contribution in [2.45, 2.75) is 32.4 Å². The van der Waals surface area contributed by atoms with Gasteiger partial charge in [0.2, 0.25) is 5.91 Å². The number of imide groups is 1. The van der Waals surface area contributed by atoms with Crippen molar-refractivity contribution in [2.75, 3.05) is 19.7 Å². The summed E-state index contributed by atoms with van der Waals surface area (Å²) in [5.41, 5.74) is 1.59. The zero-order valence-corrected chi connectivity index (χ0v) is 17.7. The molecule has 31 heavy (non-hydrogen) atoms. The number of ether oxygens (including phenoxy) is 2. The highest BCUT2D eigenvalue weighted by atomic mass is 16.6. The van der Waals surface area contributed by atoms with Crippen LogP contribution < -0.4 is 20.1 Å². The van der Waals surface area contributed by atoms with Crippen LogP contribution >= 0.6 is 0 Å². The molecule has 4 amide bonds. The standard InChI is InChI=1S/C23H25N3O5/c1-14-8-9-16(10-15(14)2)23(3)21(28)26(22(29)25-23)12-20(27)24-11-17-13-30-18-6-4-5-7-19(18)31-17/h4-10,17H,11-13H2,1-3H3,(H,24,27)(H,25,29). The van der Waals surface area contributed by atoms with Gasteiger partial charge in [-0.25, -0.2) is 4.79 Å². The Morgan fingerprint density at radius 2 is 1.90 bits per heavy atom. The van der Waals surface area contributed by atoms with E-state index in [1.54, 1.807) is 13.0 Å². The van der Waals surface area contributed by atoms with Crippen LogP contribution in [0.2, 0.25) is 0 Å². The molecule has 0 bridgehead atoms. The lowest BCUT2D eigenvalue weighted by Crippen LogP contribution is -2.46. The van der Waals surface area contributed by atoms with E-state index in [-0.39, 0.29) is 19.2 Å². The summed E-state index contributed by atoms with van der Waals surface area (Å²) in [5, 5.41) is 5.44. The molecule has 0 radical (unpaired) electrons. The Bertz CT molecular complexity index is 1050. The largest absolute Gasteiger partial charge is 0.486 e. The second-order valence-corrected chi connectivity index (χ2v) is 8.05. The number of para-hydroxylation sites is 2. The van der Waals surface area contributed by atoms with Crippen LogP contribution in [0.4, 0.5) is 4.79 Å². The molecule has 8 nitrogen and oxygen atoms in total. The molecule has 0 saturated carbocycles. The molecule has 8 heteroatoms. The van der Waals surface area contributed by atoms with Gasteiger partial charge < -0.3 is 20.1 Å².